The Bertz CT molecular complexity index is 1170. The number of hydrogen-bond donors (Lipinski definition) is 1. The van der Waals surface area contributed by atoms with Crippen LogP contribution < -0.4 is 9.47 Å². The Kier molecular flexibility index (Phi) is 2.53. The summed E-state index contributed by atoms with van der Waals surface area (Å²) in [6, 6.07) is 8.15. The molecule has 0 unspecified atom stereocenters. The first kappa shape index (κ1) is 15.9. The molecule has 5 aliphatic rings. The fourth-order valence-electron chi connectivity index (χ4n) is 5.20. The number of phenols is 1. The van der Waals surface area contributed by atoms with Gasteiger partial charge in [-0.25, -0.2) is 0 Å². The third-order valence-electron chi connectivity index (χ3n) is 6.45. The second-order valence-corrected chi connectivity index (χ2v) is 7.85. The molecule has 0 radical (unpaired) electrons. The van der Waals surface area contributed by atoms with Crippen LogP contribution in [0.15, 0.2) is 30.3 Å². The Balaban J connectivity index is 1.60. The van der Waals surface area contributed by atoms with Crippen LogP contribution in [0.5, 0.6) is 17.2 Å². The SMILES string of the molecule is CO[C@@H]1CC(=O)c2cccc3c2[C@@]12Oc1ccc(O)c4c1[C@@](O3)(O2)[C@@H]1O[C@@H]1C4=O. The minimum atomic E-state index is -1.48. The van der Waals surface area contributed by atoms with Gasteiger partial charge in [0, 0.05) is 19.1 Å². The van der Waals surface area contributed by atoms with Gasteiger partial charge in [0.2, 0.25) is 0 Å². The van der Waals surface area contributed by atoms with Gasteiger partial charge < -0.3 is 24.1 Å². The summed E-state index contributed by atoms with van der Waals surface area (Å²) in [6.07, 6.45) is -2.12. The number of aromatic hydroxyl groups is 1. The zero-order valence-corrected chi connectivity index (χ0v) is 15.1. The number of epoxide rings is 1. The molecule has 2 aromatic rings. The lowest BCUT2D eigenvalue weighted by Crippen LogP contribution is -2.65. The molecule has 1 saturated heterocycles. The van der Waals surface area contributed by atoms with Crippen LogP contribution in [0.1, 0.15) is 38.3 Å². The van der Waals surface area contributed by atoms with Crippen LogP contribution in [0.4, 0.5) is 0 Å². The van der Waals surface area contributed by atoms with Crippen molar-refractivity contribution >= 4 is 11.6 Å². The highest BCUT2D eigenvalue weighted by atomic mass is 16.8. The number of carbonyl (C=O) groups excluding carboxylic acids is 2. The largest absolute Gasteiger partial charge is 0.507 e. The molecule has 8 heteroatoms. The van der Waals surface area contributed by atoms with Crippen molar-refractivity contribution in [3.63, 3.8) is 0 Å². The van der Waals surface area contributed by atoms with E-state index in [4.69, 9.17) is 23.7 Å². The quantitative estimate of drug-likeness (QED) is 0.730. The summed E-state index contributed by atoms with van der Waals surface area (Å²) in [6.45, 7) is 0. The lowest BCUT2D eigenvalue weighted by atomic mass is 9.77. The van der Waals surface area contributed by atoms with E-state index in [-0.39, 0.29) is 29.3 Å². The van der Waals surface area contributed by atoms with Gasteiger partial charge in [0.15, 0.2) is 23.8 Å². The number of hydrogen-bond acceptors (Lipinski definition) is 8. The Hall–Kier alpha value is -2.94. The van der Waals surface area contributed by atoms with Gasteiger partial charge in [0.05, 0.1) is 16.7 Å². The first-order valence-electron chi connectivity index (χ1n) is 9.34. The average Bonchev–Trinajstić information content (AvgIpc) is 3.52. The minimum Gasteiger partial charge on any atom is -0.507 e. The van der Waals surface area contributed by atoms with Crippen LogP contribution in [-0.4, -0.2) is 42.1 Å². The van der Waals surface area contributed by atoms with Crippen molar-refractivity contribution in [2.45, 2.75) is 36.3 Å². The van der Waals surface area contributed by atoms with Crippen molar-refractivity contribution in [2.75, 3.05) is 7.11 Å². The molecule has 2 bridgehead atoms. The van der Waals surface area contributed by atoms with Crippen LogP contribution in [0, 0.1) is 0 Å². The third kappa shape index (κ3) is 1.57. The summed E-state index contributed by atoms with van der Waals surface area (Å²) in [5.74, 6) is -2.79. The maximum atomic E-state index is 12.8. The highest BCUT2D eigenvalue weighted by Gasteiger charge is 2.76. The van der Waals surface area contributed by atoms with E-state index in [9.17, 15) is 14.7 Å². The molecule has 0 aromatic heterocycles. The standard InChI is InChI=1S/C21H14O8/c1-25-13-7-10(23)8-3-2-4-11-15(8)20(13)27-12-6-5-9(22)14-16(12)21(28-11,29-20)19-18(26-19)17(14)24/h2-6,13,18-19,22H,7H2,1H3/t13-,18-,19-,20-,21-/m1/s1. The normalized spacial score (nSPS) is 36.9. The zero-order valence-electron chi connectivity index (χ0n) is 15.1. The molecule has 1 fully saturated rings. The maximum Gasteiger partial charge on any atom is 0.274 e. The van der Waals surface area contributed by atoms with Crippen molar-refractivity contribution in [2.24, 2.45) is 0 Å². The molecule has 5 atom stereocenters. The first-order valence-corrected chi connectivity index (χ1v) is 9.34. The summed E-state index contributed by atoms with van der Waals surface area (Å²) in [7, 11) is 1.49. The second kappa shape index (κ2) is 4.62. The van der Waals surface area contributed by atoms with Crippen molar-refractivity contribution in [3.05, 3.63) is 52.6 Å². The lowest BCUT2D eigenvalue weighted by Gasteiger charge is -2.56. The minimum absolute atomic E-state index is 0.0667. The summed E-state index contributed by atoms with van der Waals surface area (Å²) in [5, 5.41) is 10.4. The summed E-state index contributed by atoms with van der Waals surface area (Å²) >= 11 is 0. The summed E-state index contributed by atoms with van der Waals surface area (Å²) in [4.78, 5) is 25.5. The molecule has 2 spiro atoms. The van der Waals surface area contributed by atoms with Gasteiger partial charge in [-0.15, -0.1) is 0 Å². The van der Waals surface area contributed by atoms with Crippen LogP contribution >= 0.6 is 0 Å². The van der Waals surface area contributed by atoms with E-state index in [1.54, 1.807) is 24.3 Å². The molecule has 29 heavy (non-hydrogen) atoms. The Labute approximate surface area is 163 Å². The van der Waals surface area contributed by atoms with Crippen molar-refractivity contribution in [1.29, 1.82) is 0 Å². The molecule has 8 nitrogen and oxygen atoms in total. The van der Waals surface area contributed by atoms with Crippen LogP contribution in [0.2, 0.25) is 0 Å². The highest BCUT2D eigenvalue weighted by molar-refractivity contribution is 6.07. The lowest BCUT2D eigenvalue weighted by molar-refractivity contribution is -0.390. The molecule has 1 N–H and O–H groups in total. The number of benzene rings is 2. The molecular weight excluding hydrogens is 380 g/mol. The van der Waals surface area contributed by atoms with Crippen molar-refractivity contribution < 1.29 is 38.4 Å². The van der Waals surface area contributed by atoms with Crippen molar-refractivity contribution in [3.8, 4) is 17.2 Å². The monoisotopic (exact) mass is 394 g/mol. The number of methoxy groups -OCH3 is 1. The predicted molar refractivity (Wildman–Crippen MR) is 93.0 cm³/mol. The fraction of sp³-hybridized carbons (Fsp3) is 0.333. The molecule has 2 aromatic carbocycles. The molecule has 0 saturated carbocycles. The number of fused-ring (bicyclic) bond motifs is 1. The Morgan fingerprint density at radius 2 is 1.86 bits per heavy atom. The van der Waals surface area contributed by atoms with E-state index in [0.29, 0.717) is 28.2 Å². The summed E-state index contributed by atoms with van der Waals surface area (Å²) < 4.78 is 30.5. The molecule has 0 amide bonds. The average molecular weight is 394 g/mol. The van der Waals surface area contributed by atoms with Gasteiger partial charge in [0.1, 0.15) is 23.4 Å². The molecule has 2 aliphatic carbocycles. The van der Waals surface area contributed by atoms with Gasteiger partial charge in [-0.05, 0) is 18.2 Å². The van der Waals surface area contributed by atoms with Crippen LogP contribution in [0.3, 0.4) is 0 Å². The van der Waals surface area contributed by atoms with Gasteiger partial charge in [-0.1, -0.05) is 12.1 Å². The Morgan fingerprint density at radius 1 is 1.07 bits per heavy atom. The number of carbonyl (C=O) groups is 2. The smallest absolute Gasteiger partial charge is 0.274 e. The van der Waals surface area contributed by atoms with Crippen molar-refractivity contribution in [1.82, 2.24) is 0 Å². The molecule has 146 valence electrons. The number of rotatable bonds is 1. The fourth-order valence-corrected chi connectivity index (χ4v) is 5.20. The second-order valence-electron chi connectivity index (χ2n) is 7.85. The van der Waals surface area contributed by atoms with Gasteiger partial charge in [-0.3, -0.25) is 14.3 Å². The predicted octanol–water partition coefficient (Wildman–Crippen LogP) is 1.76. The van der Waals surface area contributed by atoms with E-state index in [1.807, 2.05) is 0 Å². The molecular formula is C21H14O8. The number of ether oxygens (including phenoxy) is 5. The topological polar surface area (TPSA) is 104 Å². The van der Waals surface area contributed by atoms with E-state index in [0.717, 1.165) is 0 Å². The first-order chi connectivity index (χ1) is 14.0. The number of Topliss-reactive ketones (excluding diaryl/α,β-unsaturated/α-hetero) is 2. The van der Waals surface area contributed by atoms with Gasteiger partial charge in [-0.2, -0.15) is 0 Å². The maximum absolute atomic E-state index is 12.8. The Morgan fingerprint density at radius 3 is 2.69 bits per heavy atom. The van der Waals surface area contributed by atoms with Crippen LogP contribution in [-0.2, 0) is 25.8 Å². The molecule has 3 aliphatic heterocycles. The van der Waals surface area contributed by atoms with Gasteiger partial charge >= 0.3 is 0 Å². The highest BCUT2D eigenvalue weighted by Crippen LogP contribution is 2.65. The van der Waals surface area contributed by atoms with E-state index in [1.165, 1.54) is 13.2 Å². The van der Waals surface area contributed by atoms with E-state index in [2.05, 4.69) is 0 Å². The molecule has 7 rings (SSSR count). The van der Waals surface area contributed by atoms with Gasteiger partial charge in [0.25, 0.3) is 11.6 Å². The third-order valence-corrected chi connectivity index (χ3v) is 6.45. The number of ketones is 2. The van der Waals surface area contributed by atoms with Crippen LogP contribution in [0.25, 0.3) is 0 Å². The summed E-state index contributed by atoms with van der Waals surface area (Å²) in [5.41, 5.74) is 1.32. The van der Waals surface area contributed by atoms with E-state index >= 15 is 0 Å². The molecule has 3 heterocycles. The zero-order chi connectivity index (χ0) is 19.7. The number of phenolic OH excluding ortho intramolecular Hbond substituents is 1. The van der Waals surface area contributed by atoms with E-state index < -0.39 is 29.9 Å².